The topological polar surface area (TPSA) is 50.4 Å². The van der Waals surface area contributed by atoms with E-state index in [1.165, 1.54) is 5.56 Å². The number of hydrogen-bond acceptors (Lipinski definition) is 2. The van der Waals surface area contributed by atoms with Gasteiger partial charge in [-0.1, -0.05) is 61.9 Å². The van der Waals surface area contributed by atoms with Gasteiger partial charge < -0.3 is 15.4 Å². The number of benzene rings is 3. The van der Waals surface area contributed by atoms with Crippen molar-refractivity contribution in [3.8, 4) is 5.75 Å². The van der Waals surface area contributed by atoms with Gasteiger partial charge in [-0.25, -0.2) is 4.79 Å². The molecular formula is C21H22N2O2. The highest BCUT2D eigenvalue weighted by molar-refractivity contribution is 6.01. The second-order valence-electron chi connectivity index (χ2n) is 5.84. The monoisotopic (exact) mass is 334 g/mol. The summed E-state index contributed by atoms with van der Waals surface area (Å²) in [5.41, 5.74) is 2.07. The summed E-state index contributed by atoms with van der Waals surface area (Å²) in [5.74, 6) is 0.741. The number of aryl methyl sites for hydroxylation is 1. The number of amides is 2. The summed E-state index contributed by atoms with van der Waals surface area (Å²) in [6, 6.07) is 21.4. The first kappa shape index (κ1) is 16.8. The third-order valence-corrected chi connectivity index (χ3v) is 3.97. The summed E-state index contributed by atoms with van der Waals surface area (Å²) in [6.07, 6.45) is 2.18. The Balaban J connectivity index is 1.52. The van der Waals surface area contributed by atoms with Crippen LogP contribution in [0.3, 0.4) is 0 Å². The molecule has 3 aromatic rings. The molecule has 0 aliphatic heterocycles. The third-order valence-electron chi connectivity index (χ3n) is 3.97. The Morgan fingerprint density at radius 1 is 0.960 bits per heavy atom. The predicted molar refractivity (Wildman–Crippen MR) is 102 cm³/mol. The maximum atomic E-state index is 12.1. The van der Waals surface area contributed by atoms with Crippen LogP contribution in [0.5, 0.6) is 5.75 Å². The van der Waals surface area contributed by atoms with Crippen LogP contribution in [0.4, 0.5) is 10.5 Å². The highest BCUT2D eigenvalue weighted by Gasteiger charge is 2.05. The van der Waals surface area contributed by atoms with Crippen LogP contribution >= 0.6 is 0 Å². The van der Waals surface area contributed by atoms with Gasteiger partial charge in [-0.3, -0.25) is 0 Å². The van der Waals surface area contributed by atoms with Gasteiger partial charge in [0.05, 0.1) is 5.69 Å². The molecule has 4 heteroatoms. The first-order valence-corrected chi connectivity index (χ1v) is 8.50. The lowest BCUT2D eigenvalue weighted by atomic mass is 10.1. The van der Waals surface area contributed by atoms with E-state index in [2.05, 4.69) is 29.7 Å². The van der Waals surface area contributed by atoms with E-state index in [0.29, 0.717) is 0 Å². The average molecular weight is 334 g/mol. The molecule has 0 unspecified atom stereocenters. The lowest BCUT2D eigenvalue weighted by Crippen LogP contribution is -2.32. The van der Waals surface area contributed by atoms with Gasteiger partial charge in [-0.15, -0.1) is 0 Å². The standard InChI is InChI=1S/C21H22N2O2/c1-2-6-16-11-13-18(14-12-16)25-15-22-21(24)23-20-10-5-8-17-7-3-4-9-19(17)20/h3-5,7-14H,2,6,15H2,1H3,(H2,22,23,24). The van der Waals surface area contributed by atoms with Gasteiger partial charge in [0.2, 0.25) is 0 Å². The molecule has 128 valence electrons. The number of rotatable bonds is 6. The number of carbonyl (C=O) groups is 1. The Hall–Kier alpha value is -3.01. The molecule has 0 bridgehead atoms. The van der Waals surface area contributed by atoms with Crippen molar-refractivity contribution in [1.29, 1.82) is 0 Å². The number of urea groups is 1. The number of nitrogens with one attached hydrogen (secondary N) is 2. The van der Waals surface area contributed by atoms with E-state index in [1.807, 2.05) is 54.6 Å². The zero-order valence-corrected chi connectivity index (χ0v) is 14.3. The SMILES string of the molecule is CCCc1ccc(OCNC(=O)Nc2cccc3ccccc23)cc1. The van der Waals surface area contributed by atoms with E-state index in [0.717, 1.165) is 35.1 Å². The van der Waals surface area contributed by atoms with Gasteiger partial charge in [-0.2, -0.15) is 0 Å². The molecule has 0 radical (unpaired) electrons. The number of hydrogen-bond donors (Lipinski definition) is 2. The summed E-state index contributed by atoms with van der Waals surface area (Å²) in [4.78, 5) is 12.1. The largest absolute Gasteiger partial charge is 0.473 e. The molecule has 3 aromatic carbocycles. The first-order chi connectivity index (χ1) is 12.3. The van der Waals surface area contributed by atoms with E-state index in [4.69, 9.17) is 4.74 Å². The maximum absolute atomic E-state index is 12.1. The van der Waals surface area contributed by atoms with Crippen molar-refractivity contribution in [2.75, 3.05) is 12.0 Å². The van der Waals surface area contributed by atoms with Crippen molar-refractivity contribution in [3.63, 3.8) is 0 Å². The molecule has 0 atom stereocenters. The molecule has 0 fully saturated rings. The maximum Gasteiger partial charge on any atom is 0.321 e. The molecule has 0 heterocycles. The summed E-state index contributed by atoms with van der Waals surface area (Å²) < 4.78 is 5.56. The van der Waals surface area contributed by atoms with Crippen LogP contribution in [0.15, 0.2) is 66.7 Å². The van der Waals surface area contributed by atoms with Crippen LogP contribution in [-0.4, -0.2) is 12.8 Å². The fraction of sp³-hybridized carbons (Fsp3) is 0.190. The van der Waals surface area contributed by atoms with Crippen molar-refractivity contribution in [1.82, 2.24) is 5.32 Å². The second-order valence-corrected chi connectivity index (χ2v) is 5.84. The molecule has 2 N–H and O–H groups in total. The fourth-order valence-corrected chi connectivity index (χ4v) is 2.73. The minimum absolute atomic E-state index is 0.115. The average Bonchev–Trinajstić information content (AvgIpc) is 2.64. The number of ether oxygens (including phenoxy) is 1. The number of anilines is 1. The van der Waals surface area contributed by atoms with Gasteiger partial charge >= 0.3 is 6.03 Å². The van der Waals surface area contributed by atoms with Crippen LogP contribution < -0.4 is 15.4 Å². The van der Waals surface area contributed by atoms with E-state index in [1.54, 1.807) is 0 Å². The summed E-state index contributed by atoms with van der Waals surface area (Å²) in [5, 5.41) is 7.67. The predicted octanol–water partition coefficient (Wildman–Crippen LogP) is 4.95. The first-order valence-electron chi connectivity index (χ1n) is 8.50. The second kappa shape index (κ2) is 8.20. The molecule has 25 heavy (non-hydrogen) atoms. The molecule has 2 amide bonds. The Morgan fingerprint density at radius 2 is 1.72 bits per heavy atom. The van der Waals surface area contributed by atoms with Gasteiger partial charge in [0, 0.05) is 5.39 Å². The van der Waals surface area contributed by atoms with Crippen LogP contribution in [0.25, 0.3) is 10.8 Å². The van der Waals surface area contributed by atoms with E-state index in [-0.39, 0.29) is 12.8 Å². The molecule has 0 aliphatic carbocycles. The molecular weight excluding hydrogens is 312 g/mol. The van der Waals surface area contributed by atoms with E-state index < -0.39 is 0 Å². The van der Waals surface area contributed by atoms with Crippen LogP contribution in [0.2, 0.25) is 0 Å². The third kappa shape index (κ3) is 4.51. The molecule has 0 saturated carbocycles. The Morgan fingerprint density at radius 3 is 2.52 bits per heavy atom. The molecule has 0 aliphatic rings. The van der Waals surface area contributed by atoms with E-state index >= 15 is 0 Å². The summed E-state index contributed by atoms with van der Waals surface area (Å²) >= 11 is 0. The van der Waals surface area contributed by atoms with Crippen molar-refractivity contribution >= 4 is 22.5 Å². The van der Waals surface area contributed by atoms with Crippen LogP contribution in [0, 0.1) is 0 Å². The van der Waals surface area contributed by atoms with Gasteiger partial charge in [0.15, 0.2) is 6.73 Å². The molecule has 0 aromatic heterocycles. The summed E-state index contributed by atoms with van der Waals surface area (Å²) in [6.45, 7) is 2.27. The minimum atomic E-state index is -0.293. The lowest BCUT2D eigenvalue weighted by molar-refractivity contribution is 0.234. The lowest BCUT2D eigenvalue weighted by Gasteiger charge is -2.11. The highest BCUT2D eigenvalue weighted by Crippen LogP contribution is 2.22. The van der Waals surface area contributed by atoms with Crippen LogP contribution in [-0.2, 0) is 6.42 Å². The van der Waals surface area contributed by atoms with Gasteiger partial charge in [0.25, 0.3) is 0 Å². The van der Waals surface area contributed by atoms with E-state index in [9.17, 15) is 4.79 Å². The Labute approximate surface area is 147 Å². The van der Waals surface area contributed by atoms with Gasteiger partial charge in [0.1, 0.15) is 5.75 Å². The number of carbonyl (C=O) groups excluding carboxylic acids is 1. The summed E-state index contributed by atoms with van der Waals surface area (Å²) in [7, 11) is 0. The molecule has 0 spiro atoms. The molecule has 3 rings (SSSR count). The Kier molecular flexibility index (Phi) is 5.52. The zero-order valence-electron chi connectivity index (χ0n) is 14.3. The minimum Gasteiger partial charge on any atom is -0.473 e. The molecule has 4 nitrogen and oxygen atoms in total. The van der Waals surface area contributed by atoms with Crippen molar-refractivity contribution in [2.45, 2.75) is 19.8 Å². The quantitative estimate of drug-likeness (QED) is 0.627. The fourth-order valence-electron chi connectivity index (χ4n) is 2.73. The Bertz CT molecular complexity index is 839. The smallest absolute Gasteiger partial charge is 0.321 e. The number of fused-ring (bicyclic) bond motifs is 1. The van der Waals surface area contributed by atoms with Crippen LogP contribution in [0.1, 0.15) is 18.9 Å². The zero-order chi connectivity index (χ0) is 17.5. The van der Waals surface area contributed by atoms with Gasteiger partial charge in [-0.05, 0) is 35.6 Å². The van der Waals surface area contributed by atoms with Crippen molar-refractivity contribution in [2.24, 2.45) is 0 Å². The normalized spacial score (nSPS) is 10.4. The van der Waals surface area contributed by atoms with Crippen molar-refractivity contribution < 1.29 is 9.53 Å². The molecule has 0 saturated heterocycles. The van der Waals surface area contributed by atoms with Crippen molar-refractivity contribution in [3.05, 3.63) is 72.3 Å². The highest BCUT2D eigenvalue weighted by atomic mass is 16.5.